The van der Waals surface area contributed by atoms with Crippen LogP contribution in [0.5, 0.6) is 0 Å². The standard InChI is InChI=1S/C18H20F3N3O/c1-2-22-18(23-10-13-9-15(20)7-8-16(13)21)24-11-17(25)12-3-5-14(19)6-4-12/h3-9,17,25H,2,10-11H2,1H3,(H2,22,23,24). The molecule has 0 aliphatic carbocycles. The highest BCUT2D eigenvalue weighted by Gasteiger charge is 2.09. The Morgan fingerprint density at radius 2 is 1.72 bits per heavy atom. The fourth-order valence-corrected chi connectivity index (χ4v) is 2.17. The molecule has 1 atom stereocenters. The number of aliphatic imine (C=N–C) groups is 1. The van der Waals surface area contributed by atoms with Crippen molar-refractivity contribution in [3.63, 3.8) is 0 Å². The molecule has 0 saturated carbocycles. The summed E-state index contributed by atoms with van der Waals surface area (Å²) in [5.41, 5.74) is 0.692. The Morgan fingerprint density at radius 3 is 2.40 bits per heavy atom. The van der Waals surface area contributed by atoms with Crippen molar-refractivity contribution in [3.05, 3.63) is 71.0 Å². The van der Waals surface area contributed by atoms with Gasteiger partial charge in [-0.25, -0.2) is 18.2 Å². The van der Waals surface area contributed by atoms with Gasteiger partial charge in [0.15, 0.2) is 5.96 Å². The molecule has 0 aliphatic rings. The van der Waals surface area contributed by atoms with Gasteiger partial charge in [-0.3, -0.25) is 0 Å². The number of halogens is 3. The predicted molar refractivity (Wildman–Crippen MR) is 90.5 cm³/mol. The Kier molecular flexibility index (Phi) is 6.82. The number of nitrogens with one attached hydrogen (secondary N) is 2. The monoisotopic (exact) mass is 351 g/mol. The van der Waals surface area contributed by atoms with E-state index in [0.717, 1.165) is 18.2 Å². The van der Waals surface area contributed by atoms with Crippen LogP contribution in [0.1, 0.15) is 24.2 Å². The largest absolute Gasteiger partial charge is 0.387 e. The van der Waals surface area contributed by atoms with Gasteiger partial charge in [0.2, 0.25) is 0 Å². The summed E-state index contributed by atoms with van der Waals surface area (Å²) in [4.78, 5) is 4.18. The minimum Gasteiger partial charge on any atom is -0.387 e. The Labute approximate surface area is 144 Å². The minimum atomic E-state index is -0.865. The number of hydrogen-bond acceptors (Lipinski definition) is 2. The molecule has 0 saturated heterocycles. The Balaban J connectivity index is 1.99. The fraction of sp³-hybridized carbons (Fsp3) is 0.278. The zero-order valence-corrected chi connectivity index (χ0v) is 13.8. The van der Waals surface area contributed by atoms with Gasteiger partial charge in [0.05, 0.1) is 12.6 Å². The lowest BCUT2D eigenvalue weighted by molar-refractivity contribution is 0.180. The molecule has 3 N–H and O–H groups in total. The van der Waals surface area contributed by atoms with Crippen LogP contribution in [0.15, 0.2) is 47.5 Å². The van der Waals surface area contributed by atoms with Crippen LogP contribution in [0.25, 0.3) is 0 Å². The average Bonchev–Trinajstić information content (AvgIpc) is 2.60. The summed E-state index contributed by atoms with van der Waals surface area (Å²) in [6.45, 7) is 2.50. The third kappa shape index (κ3) is 5.79. The van der Waals surface area contributed by atoms with E-state index in [-0.39, 0.29) is 24.5 Å². The van der Waals surface area contributed by atoms with Crippen molar-refractivity contribution in [2.75, 3.05) is 13.1 Å². The Hall–Kier alpha value is -2.54. The molecule has 0 fully saturated rings. The SMILES string of the molecule is CCNC(=NCc1cc(F)ccc1F)NCC(O)c1ccc(F)cc1. The van der Waals surface area contributed by atoms with E-state index in [1.807, 2.05) is 6.92 Å². The van der Waals surface area contributed by atoms with Crippen molar-refractivity contribution in [2.45, 2.75) is 19.6 Å². The lowest BCUT2D eigenvalue weighted by Gasteiger charge is -2.15. The molecular formula is C18H20F3N3O. The van der Waals surface area contributed by atoms with Crippen molar-refractivity contribution in [3.8, 4) is 0 Å². The van der Waals surface area contributed by atoms with E-state index in [1.54, 1.807) is 0 Å². The first-order valence-corrected chi connectivity index (χ1v) is 7.89. The molecule has 0 aromatic heterocycles. The average molecular weight is 351 g/mol. The molecule has 2 aromatic carbocycles. The van der Waals surface area contributed by atoms with Gasteiger partial charge in [-0.05, 0) is 42.8 Å². The molecule has 4 nitrogen and oxygen atoms in total. The molecule has 7 heteroatoms. The number of hydrogen-bond donors (Lipinski definition) is 3. The third-order valence-corrected chi connectivity index (χ3v) is 3.48. The van der Waals surface area contributed by atoms with Gasteiger partial charge in [0.25, 0.3) is 0 Å². The van der Waals surface area contributed by atoms with Gasteiger partial charge < -0.3 is 15.7 Å². The second kappa shape index (κ2) is 9.08. The summed E-state index contributed by atoms with van der Waals surface area (Å²) in [7, 11) is 0. The highest BCUT2D eigenvalue weighted by molar-refractivity contribution is 5.79. The Bertz CT molecular complexity index is 720. The molecule has 2 aromatic rings. The summed E-state index contributed by atoms with van der Waals surface area (Å²) in [6.07, 6.45) is -0.865. The van der Waals surface area contributed by atoms with E-state index in [4.69, 9.17) is 0 Å². The molecule has 0 radical (unpaired) electrons. The summed E-state index contributed by atoms with van der Waals surface area (Å²) in [6, 6.07) is 8.72. The highest BCUT2D eigenvalue weighted by atomic mass is 19.1. The van der Waals surface area contributed by atoms with Gasteiger partial charge >= 0.3 is 0 Å². The van der Waals surface area contributed by atoms with Crippen molar-refractivity contribution in [2.24, 2.45) is 4.99 Å². The maximum Gasteiger partial charge on any atom is 0.191 e. The molecule has 0 heterocycles. The topological polar surface area (TPSA) is 56.7 Å². The molecule has 25 heavy (non-hydrogen) atoms. The van der Waals surface area contributed by atoms with Gasteiger partial charge in [0, 0.05) is 18.7 Å². The first-order chi connectivity index (χ1) is 12.0. The summed E-state index contributed by atoms with van der Waals surface area (Å²) in [5.74, 6) is -1.09. The number of rotatable bonds is 6. The van der Waals surface area contributed by atoms with Crippen LogP contribution in [0.2, 0.25) is 0 Å². The van der Waals surface area contributed by atoms with E-state index < -0.39 is 17.7 Å². The molecular weight excluding hydrogens is 331 g/mol. The van der Waals surface area contributed by atoms with Crippen molar-refractivity contribution in [1.29, 1.82) is 0 Å². The molecule has 0 spiro atoms. The number of aliphatic hydroxyl groups is 1. The minimum absolute atomic E-state index is 0.0500. The van der Waals surface area contributed by atoms with E-state index in [9.17, 15) is 18.3 Å². The summed E-state index contributed by atoms with van der Waals surface area (Å²) in [5, 5.41) is 16.0. The predicted octanol–water partition coefficient (Wildman–Crippen LogP) is 2.89. The number of nitrogens with zero attached hydrogens (tertiary/aromatic N) is 1. The second-order valence-corrected chi connectivity index (χ2v) is 5.38. The van der Waals surface area contributed by atoms with Crippen LogP contribution < -0.4 is 10.6 Å². The number of aliphatic hydroxyl groups excluding tert-OH is 1. The molecule has 2 rings (SSSR count). The van der Waals surface area contributed by atoms with E-state index >= 15 is 0 Å². The van der Waals surface area contributed by atoms with Gasteiger partial charge in [-0.15, -0.1) is 0 Å². The van der Waals surface area contributed by atoms with Crippen LogP contribution >= 0.6 is 0 Å². The maximum absolute atomic E-state index is 13.6. The molecule has 1 unspecified atom stereocenters. The van der Waals surface area contributed by atoms with E-state index in [1.165, 1.54) is 24.3 Å². The third-order valence-electron chi connectivity index (χ3n) is 3.48. The van der Waals surface area contributed by atoms with Crippen LogP contribution in [-0.2, 0) is 6.54 Å². The summed E-state index contributed by atoms with van der Waals surface area (Å²) < 4.78 is 39.7. The number of benzene rings is 2. The Morgan fingerprint density at radius 1 is 1.04 bits per heavy atom. The summed E-state index contributed by atoms with van der Waals surface area (Å²) >= 11 is 0. The lowest BCUT2D eigenvalue weighted by atomic mass is 10.1. The maximum atomic E-state index is 13.6. The van der Waals surface area contributed by atoms with Gasteiger partial charge in [0.1, 0.15) is 17.5 Å². The smallest absolute Gasteiger partial charge is 0.191 e. The molecule has 0 bridgehead atoms. The number of guanidine groups is 1. The van der Waals surface area contributed by atoms with E-state index in [0.29, 0.717) is 18.1 Å². The highest BCUT2D eigenvalue weighted by Crippen LogP contribution is 2.13. The van der Waals surface area contributed by atoms with Crippen LogP contribution in [0.4, 0.5) is 13.2 Å². The van der Waals surface area contributed by atoms with E-state index in [2.05, 4.69) is 15.6 Å². The van der Waals surface area contributed by atoms with Crippen molar-refractivity contribution < 1.29 is 18.3 Å². The molecule has 134 valence electrons. The fourth-order valence-electron chi connectivity index (χ4n) is 2.17. The first-order valence-electron chi connectivity index (χ1n) is 7.89. The van der Waals surface area contributed by atoms with Gasteiger partial charge in [-0.1, -0.05) is 12.1 Å². The lowest BCUT2D eigenvalue weighted by Crippen LogP contribution is -2.39. The van der Waals surface area contributed by atoms with Crippen LogP contribution in [0.3, 0.4) is 0 Å². The quantitative estimate of drug-likeness (QED) is 0.554. The van der Waals surface area contributed by atoms with Gasteiger partial charge in [-0.2, -0.15) is 0 Å². The molecule has 0 aliphatic heterocycles. The normalized spacial score (nSPS) is 12.8. The zero-order chi connectivity index (χ0) is 18.2. The first kappa shape index (κ1) is 18.8. The molecule has 0 amide bonds. The zero-order valence-electron chi connectivity index (χ0n) is 13.8. The van der Waals surface area contributed by atoms with Crippen LogP contribution in [-0.4, -0.2) is 24.2 Å². The van der Waals surface area contributed by atoms with Crippen molar-refractivity contribution >= 4 is 5.96 Å². The second-order valence-electron chi connectivity index (χ2n) is 5.38. The van der Waals surface area contributed by atoms with Crippen molar-refractivity contribution in [1.82, 2.24) is 10.6 Å². The van der Waals surface area contributed by atoms with Crippen LogP contribution in [0, 0.1) is 17.5 Å².